The Morgan fingerprint density at radius 2 is 1.74 bits per heavy atom. The lowest BCUT2D eigenvalue weighted by Gasteiger charge is -2.34. The Hall–Kier alpha value is -1.05. The number of nitrogens with one attached hydrogen (secondary N) is 1. The third-order valence-electron chi connectivity index (χ3n) is 3.75. The summed E-state index contributed by atoms with van der Waals surface area (Å²) in [5.41, 5.74) is 0.970. The van der Waals surface area contributed by atoms with E-state index in [9.17, 15) is 17.6 Å². The molecule has 0 amide bonds. The topological polar surface area (TPSA) is 24.5 Å². The zero-order valence-corrected chi connectivity index (χ0v) is 13.6. The molecule has 0 unspecified atom stereocenters. The summed E-state index contributed by atoms with van der Waals surface area (Å²) in [6.07, 6.45) is -7.44. The van der Waals surface area contributed by atoms with E-state index in [0.717, 1.165) is 38.2 Å². The monoisotopic (exact) mass is 356 g/mol. The van der Waals surface area contributed by atoms with E-state index < -0.39 is 12.5 Å². The van der Waals surface area contributed by atoms with Crippen LogP contribution in [0.2, 0.25) is 0 Å². The summed E-state index contributed by atoms with van der Waals surface area (Å²) in [4.78, 5) is 2.32. The highest BCUT2D eigenvalue weighted by atomic mass is 35.5. The van der Waals surface area contributed by atoms with E-state index in [2.05, 4.69) is 21.9 Å². The molecule has 0 bridgehead atoms. The van der Waals surface area contributed by atoms with Crippen LogP contribution in [0.5, 0.6) is 5.75 Å². The lowest BCUT2D eigenvalue weighted by atomic mass is 10.0. The molecular formula is C15H21ClF4N2O. The fraction of sp³-hybridized carbons (Fsp3) is 0.600. The van der Waals surface area contributed by atoms with Crippen molar-refractivity contribution < 1.29 is 22.3 Å². The largest absolute Gasteiger partial charge is 0.461 e. The van der Waals surface area contributed by atoms with Gasteiger partial charge in [0.2, 0.25) is 0 Å². The first-order chi connectivity index (χ1) is 10.4. The molecule has 2 rings (SSSR count). The number of piperazine rings is 1. The summed E-state index contributed by atoms with van der Waals surface area (Å²) in [5.74, 6) is -0.260. The van der Waals surface area contributed by atoms with Crippen molar-refractivity contribution in [3.8, 4) is 5.75 Å². The van der Waals surface area contributed by atoms with E-state index in [1.165, 1.54) is 12.1 Å². The van der Waals surface area contributed by atoms with Gasteiger partial charge in [0.1, 0.15) is 5.75 Å². The van der Waals surface area contributed by atoms with Gasteiger partial charge < -0.3 is 10.1 Å². The SMILES string of the molecule is CC[C@@H](c1ccc(OC(F)(F)C(F)F)cc1)N1CCNCC1.Cl. The Labute approximate surface area is 139 Å². The van der Waals surface area contributed by atoms with E-state index >= 15 is 0 Å². The zero-order valence-electron chi connectivity index (χ0n) is 12.8. The van der Waals surface area contributed by atoms with Crippen LogP contribution in [0.3, 0.4) is 0 Å². The Balaban J connectivity index is 0.00000264. The van der Waals surface area contributed by atoms with Crippen molar-refractivity contribution in [1.82, 2.24) is 10.2 Å². The van der Waals surface area contributed by atoms with E-state index in [1.54, 1.807) is 12.1 Å². The number of alkyl halides is 4. The van der Waals surface area contributed by atoms with Gasteiger partial charge in [-0.15, -0.1) is 12.4 Å². The third-order valence-corrected chi connectivity index (χ3v) is 3.75. The van der Waals surface area contributed by atoms with Crippen LogP contribution < -0.4 is 10.1 Å². The number of halogens is 5. The number of hydrogen-bond acceptors (Lipinski definition) is 3. The van der Waals surface area contributed by atoms with Crippen LogP contribution in [-0.4, -0.2) is 43.6 Å². The fourth-order valence-corrected chi connectivity index (χ4v) is 2.66. The predicted octanol–water partition coefficient (Wildman–Crippen LogP) is 3.70. The van der Waals surface area contributed by atoms with Gasteiger partial charge in [0.05, 0.1) is 0 Å². The standard InChI is InChI=1S/C15H20F4N2O.ClH/c1-2-13(21-9-7-20-8-10-21)11-3-5-12(6-4-11)22-15(18,19)14(16)17;/h3-6,13-14,20H,2,7-10H2,1H3;1H/t13-;/m0./s1. The summed E-state index contributed by atoms with van der Waals surface area (Å²) in [6.45, 7) is 5.72. The number of nitrogens with zero attached hydrogens (tertiary/aromatic N) is 1. The van der Waals surface area contributed by atoms with Crippen LogP contribution in [0.4, 0.5) is 17.6 Å². The van der Waals surface area contributed by atoms with Gasteiger partial charge in [-0.25, -0.2) is 0 Å². The first-order valence-electron chi connectivity index (χ1n) is 7.33. The molecule has 0 aliphatic carbocycles. The van der Waals surface area contributed by atoms with E-state index in [1.807, 2.05) is 0 Å². The van der Waals surface area contributed by atoms with Gasteiger partial charge in [0.15, 0.2) is 0 Å². The summed E-state index contributed by atoms with van der Waals surface area (Å²) in [6, 6.07) is 6.14. The molecule has 1 aromatic rings. The molecule has 1 saturated heterocycles. The van der Waals surface area contributed by atoms with E-state index in [-0.39, 0.29) is 24.2 Å². The Kier molecular flexibility index (Phi) is 7.57. The normalized spacial score (nSPS) is 17.7. The maximum absolute atomic E-state index is 12.9. The van der Waals surface area contributed by atoms with E-state index in [0.29, 0.717) is 0 Å². The van der Waals surface area contributed by atoms with Gasteiger partial charge in [-0.1, -0.05) is 19.1 Å². The third kappa shape index (κ3) is 5.22. The van der Waals surface area contributed by atoms with E-state index in [4.69, 9.17) is 0 Å². The quantitative estimate of drug-likeness (QED) is 0.787. The average Bonchev–Trinajstić information content (AvgIpc) is 2.50. The highest BCUT2D eigenvalue weighted by molar-refractivity contribution is 5.85. The average molecular weight is 357 g/mol. The molecular weight excluding hydrogens is 336 g/mol. The minimum Gasteiger partial charge on any atom is -0.428 e. The molecule has 1 fully saturated rings. The second-order valence-electron chi connectivity index (χ2n) is 5.24. The first-order valence-corrected chi connectivity index (χ1v) is 7.33. The molecule has 1 aliphatic rings. The van der Waals surface area contributed by atoms with Crippen LogP contribution in [0.1, 0.15) is 24.9 Å². The Morgan fingerprint density at radius 1 is 1.17 bits per heavy atom. The minimum atomic E-state index is -4.47. The van der Waals surface area contributed by atoms with Crippen LogP contribution >= 0.6 is 12.4 Å². The molecule has 0 radical (unpaired) electrons. The highest BCUT2D eigenvalue weighted by Crippen LogP contribution is 2.30. The van der Waals surface area contributed by atoms with Crippen LogP contribution in [0, 0.1) is 0 Å². The number of benzene rings is 1. The lowest BCUT2D eigenvalue weighted by molar-refractivity contribution is -0.253. The van der Waals surface area contributed by atoms with Gasteiger partial charge in [-0.05, 0) is 24.1 Å². The summed E-state index contributed by atoms with van der Waals surface area (Å²) < 4.78 is 54.0. The lowest BCUT2D eigenvalue weighted by Crippen LogP contribution is -2.45. The minimum absolute atomic E-state index is 0. The van der Waals surface area contributed by atoms with Crippen molar-refractivity contribution in [3.63, 3.8) is 0 Å². The molecule has 0 spiro atoms. The van der Waals surface area contributed by atoms with Crippen molar-refractivity contribution in [3.05, 3.63) is 29.8 Å². The summed E-state index contributed by atoms with van der Waals surface area (Å²) >= 11 is 0. The molecule has 23 heavy (non-hydrogen) atoms. The van der Waals surface area contributed by atoms with Crippen molar-refractivity contribution in [2.75, 3.05) is 26.2 Å². The molecule has 1 heterocycles. The highest BCUT2D eigenvalue weighted by Gasteiger charge is 2.43. The second-order valence-corrected chi connectivity index (χ2v) is 5.24. The van der Waals surface area contributed by atoms with Crippen LogP contribution in [0.15, 0.2) is 24.3 Å². The molecule has 0 saturated carbocycles. The maximum atomic E-state index is 12.9. The molecule has 3 nitrogen and oxygen atoms in total. The number of rotatable bonds is 6. The van der Waals surface area contributed by atoms with Crippen molar-refractivity contribution >= 4 is 12.4 Å². The predicted molar refractivity (Wildman–Crippen MR) is 82.7 cm³/mol. The molecule has 1 atom stereocenters. The summed E-state index contributed by atoms with van der Waals surface area (Å²) in [5, 5.41) is 3.27. The van der Waals surface area contributed by atoms with Gasteiger partial charge in [0, 0.05) is 32.2 Å². The molecule has 8 heteroatoms. The second kappa shape index (κ2) is 8.70. The molecule has 1 aliphatic heterocycles. The first kappa shape index (κ1) is 20.0. The van der Waals surface area contributed by atoms with Gasteiger partial charge in [-0.3, -0.25) is 4.90 Å². The summed E-state index contributed by atoms with van der Waals surface area (Å²) in [7, 11) is 0. The molecule has 0 aromatic heterocycles. The molecule has 132 valence electrons. The molecule has 1 aromatic carbocycles. The van der Waals surface area contributed by atoms with Gasteiger partial charge >= 0.3 is 12.5 Å². The zero-order chi connectivity index (χ0) is 16.2. The van der Waals surface area contributed by atoms with Gasteiger partial charge in [-0.2, -0.15) is 17.6 Å². The number of ether oxygens (including phenoxy) is 1. The van der Waals surface area contributed by atoms with Crippen molar-refractivity contribution in [2.45, 2.75) is 31.9 Å². The van der Waals surface area contributed by atoms with Crippen molar-refractivity contribution in [2.24, 2.45) is 0 Å². The molecule has 1 N–H and O–H groups in total. The van der Waals surface area contributed by atoms with Crippen LogP contribution in [-0.2, 0) is 0 Å². The van der Waals surface area contributed by atoms with Crippen LogP contribution in [0.25, 0.3) is 0 Å². The van der Waals surface area contributed by atoms with Crippen molar-refractivity contribution in [1.29, 1.82) is 0 Å². The number of hydrogen-bond donors (Lipinski definition) is 1. The fourth-order valence-electron chi connectivity index (χ4n) is 2.66. The Morgan fingerprint density at radius 3 is 2.22 bits per heavy atom. The maximum Gasteiger partial charge on any atom is 0.461 e. The van der Waals surface area contributed by atoms with Gasteiger partial charge in [0.25, 0.3) is 0 Å². The smallest absolute Gasteiger partial charge is 0.428 e. The Bertz CT molecular complexity index is 467.